The Morgan fingerprint density at radius 1 is 1.14 bits per heavy atom. The van der Waals surface area contributed by atoms with Gasteiger partial charge in [0.25, 0.3) is 5.91 Å². The second kappa shape index (κ2) is 9.27. The largest absolute Gasteiger partial charge is 0.336 e. The zero-order chi connectivity index (χ0) is 24.6. The molecule has 0 radical (unpaired) electrons. The van der Waals surface area contributed by atoms with Crippen molar-refractivity contribution >= 4 is 34.1 Å². The van der Waals surface area contributed by atoms with Crippen LogP contribution in [0.25, 0.3) is 11.3 Å². The average molecular weight is 494 g/mol. The highest BCUT2D eigenvalue weighted by molar-refractivity contribution is 8.25. The Morgan fingerprint density at radius 3 is 2.60 bits per heavy atom. The van der Waals surface area contributed by atoms with E-state index in [-0.39, 0.29) is 17.3 Å². The summed E-state index contributed by atoms with van der Waals surface area (Å²) >= 11 is 0. The van der Waals surface area contributed by atoms with Crippen LogP contribution in [0.4, 0.5) is 17.5 Å². The first-order valence-corrected chi connectivity index (χ1v) is 12.7. The summed E-state index contributed by atoms with van der Waals surface area (Å²) in [6.45, 7) is 7.11. The second-order valence-corrected chi connectivity index (χ2v) is 10.4. The minimum atomic E-state index is -3.38. The number of hydrogen-bond acceptors (Lipinski definition) is 9. The highest BCUT2D eigenvalue weighted by atomic mass is 32.3. The number of likely N-dealkylation sites (N-methyl/N-ethyl adjacent to an activating group) is 1. The van der Waals surface area contributed by atoms with E-state index < -0.39 is 10.8 Å². The number of benzene rings is 1. The van der Waals surface area contributed by atoms with Gasteiger partial charge < -0.3 is 15.1 Å². The van der Waals surface area contributed by atoms with E-state index in [2.05, 4.69) is 38.8 Å². The SMILES string of the molecule is C=CCN1c2ncccc2-c2nc(Nc3ccc(C(=O)N4CCN(C)CC4)cc3)ncc2S1(O)O. The van der Waals surface area contributed by atoms with Gasteiger partial charge in [-0.15, -0.1) is 6.58 Å². The molecule has 182 valence electrons. The molecule has 0 aliphatic carbocycles. The Morgan fingerprint density at radius 2 is 1.89 bits per heavy atom. The van der Waals surface area contributed by atoms with Crippen molar-refractivity contribution in [2.75, 3.05) is 49.4 Å². The topological polar surface area (TPSA) is 118 Å². The fourth-order valence-corrected chi connectivity index (χ4v) is 5.72. The van der Waals surface area contributed by atoms with Crippen molar-refractivity contribution in [3.8, 4) is 11.3 Å². The summed E-state index contributed by atoms with van der Waals surface area (Å²) in [7, 11) is -1.32. The van der Waals surface area contributed by atoms with E-state index in [0.29, 0.717) is 34.3 Å². The number of fused-ring (bicyclic) bond motifs is 3. The summed E-state index contributed by atoms with van der Waals surface area (Å²) in [6.07, 6.45) is 4.62. The van der Waals surface area contributed by atoms with E-state index in [1.54, 1.807) is 42.6 Å². The minimum Gasteiger partial charge on any atom is -0.336 e. The first kappa shape index (κ1) is 23.2. The van der Waals surface area contributed by atoms with E-state index in [0.717, 1.165) is 26.2 Å². The first-order chi connectivity index (χ1) is 16.9. The van der Waals surface area contributed by atoms with Gasteiger partial charge in [0.2, 0.25) is 5.95 Å². The van der Waals surface area contributed by atoms with Crippen LogP contribution in [-0.2, 0) is 0 Å². The molecule has 0 saturated carbocycles. The lowest BCUT2D eigenvalue weighted by Gasteiger charge is -2.46. The predicted octanol–water partition coefficient (Wildman–Crippen LogP) is 3.70. The summed E-state index contributed by atoms with van der Waals surface area (Å²) in [6, 6.07) is 10.8. The van der Waals surface area contributed by atoms with Crippen LogP contribution in [-0.4, -0.2) is 79.5 Å². The Balaban J connectivity index is 1.39. The summed E-state index contributed by atoms with van der Waals surface area (Å²) in [4.78, 5) is 30.4. The minimum absolute atomic E-state index is 0.0214. The van der Waals surface area contributed by atoms with E-state index in [1.807, 2.05) is 11.0 Å². The van der Waals surface area contributed by atoms with Crippen LogP contribution in [0.2, 0.25) is 0 Å². The first-order valence-electron chi connectivity index (χ1n) is 11.2. The zero-order valence-corrected chi connectivity index (χ0v) is 20.1. The number of rotatable bonds is 5. The number of hydrogen-bond donors (Lipinski definition) is 3. The van der Waals surface area contributed by atoms with Crippen molar-refractivity contribution in [3.05, 3.63) is 67.0 Å². The number of nitrogens with one attached hydrogen (secondary N) is 1. The maximum atomic E-state index is 12.8. The Labute approximate surface area is 205 Å². The van der Waals surface area contributed by atoms with Crippen LogP contribution in [0.15, 0.2) is 66.3 Å². The molecule has 10 nitrogen and oxygen atoms in total. The Hall–Kier alpha value is -3.51. The highest BCUT2D eigenvalue weighted by Crippen LogP contribution is 2.60. The number of carbonyl (C=O) groups excluding carboxylic acids is 1. The van der Waals surface area contributed by atoms with Gasteiger partial charge in [0, 0.05) is 49.2 Å². The third-order valence-electron chi connectivity index (χ3n) is 6.11. The van der Waals surface area contributed by atoms with Gasteiger partial charge in [-0.3, -0.25) is 13.9 Å². The van der Waals surface area contributed by atoms with Crippen molar-refractivity contribution in [3.63, 3.8) is 0 Å². The molecule has 5 rings (SSSR count). The number of anilines is 3. The number of pyridine rings is 1. The maximum Gasteiger partial charge on any atom is 0.253 e. The molecule has 1 saturated heterocycles. The molecule has 11 heteroatoms. The molecule has 2 aliphatic heterocycles. The molecule has 2 aliphatic rings. The molecule has 35 heavy (non-hydrogen) atoms. The van der Waals surface area contributed by atoms with Crippen LogP contribution in [0, 0.1) is 0 Å². The molecular weight excluding hydrogens is 466 g/mol. The highest BCUT2D eigenvalue weighted by Gasteiger charge is 2.37. The van der Waals surface area contributed by atoms with Crippen molar-refractivity contribution in [2.45, 2.75) is 4.90 Å². The molecular formula is C24H27N7O3S. The molecule has 1 aromatic carbocycles. The smallest absolute Gasteiger partial charge is 0.253 e. The van der Waals surface area contributed by atoms with Gasteiger partial charge >= 0.3 is 0 Å². The monoisotopic (exact) mass is 493 g/mol. The van der Waals surface area contributed by atoms with Crippen molar-refractivity contribution in [1.82, 2.24) is 24.8 Å². The molecule has 4 heterocycles. The molecule has 0 bridgehead atoms. The summed E-state index contributed by atoms with van der Waals surface area (Å²) in [5, 5.41) is 3.14. The normalized spacial score (nSPS) is 17.8. The van der Waals surface area contributed by atoms with Gasteiger partial charge in [-0.25, -0.2) is 19.3 Å². The molecule has 0 atom stereocenters. The maximum absolute atomic E-state index is 12.8. The van der Waals surface area contributed by atoms with Crippen LogP contribution in [0.1, 0.15) is 10.4 Å². The number of nitrogens with zero attached hydrogens (tertiary/aromatic N) is 6. The van der Waals surface area contributed by atoms with Gasteiger partial charge in [-0.1, -0.05) is 16.9 Å². The third kappa shape index (κ3) is 4.34. The molecule has 2 aromatic heterocycles. The Kier molecular flexibility index (Phi) is 6.15. The summed E-state index contributed by atoms with van der Waals surface area (Å²) < 4.78 is 23.4. The van der Waals surface area contributed by atoms with E-state index in [4.69, 9.17) is 0 Å². The number of aromatic nitrogens is 3. The van der Waals surface area contributed by atoms with Gasteiger partial charge in [0.1, 0.15) is 10.6 Å². The van der Waals surface area contributed by atoms with Crippen LogP contribution in [0.3, 0.4) is 0 Å². The number of piperazine rings is 1. The second-order valence-electron chi connectivity index (χ2n) is 8.45. The lowest BCUT2D eigenvalue weighted by molar-refractivity contribution is 0.0664. The average Bonchev–Trinajstić information content (AvgIpc) is 2.87. The predicted molar refractivity (Wildman–Crippen MR) is 137 cm³/mol. The van der Waals surface area contributed by atoms with Gasteiger partial charge in [-0.05, 0) is 43.4 Å². The van der Waals surface area contributed by atoms with Crippen LogP contribution >= 0.6 is 10.8 Å². The van der Waals surface area contributed by atoms with Crippen molar-refractivity contribution in [1.29, 1.82) is 0 Å². The van der Waals surface area contributed by atoms with E-state index >= 15 is 0 Å². The molecule has 1 fully saturated rings. The molecule has 0 spiro atoms. The number of amides is 1. The standard InChI is InChI=1S/C24H27N7O3S/c1-3-11-31-22-19(5-4-10-25-22)21-20(35(31,33)34)16-26-24(28-21)27-18-8-6-17(7-9-18)23(32)30-14-12-29(2)13-15-30/h3-10,16,33-34H,1,11-15H2,2H3,(H,26,27,28). The van der Waals surface area contributed by atoms with E-state index in [9.17, 15) is 13.9 Å². The fraction of sp³-hybridized carbons (Fsp3) is 0.250. The van der Waals surface area contributed by atoms with E-state index in [1.165, 1.54) is 10.5 Å². The molecule has 1 amide bonds. The summed E-state index contributed by atoms with van der Waals surface area (Å²) in [5.41, 5.74) is 2.42. The zero-order valence-electron chi connectivity index (χ0n) is 19.3. The van der Waals surface area contributed by atoms with Gasteiger partial charge in [0.15, 0.2) is 5.82 Å². The Bertz CT molecular complexity index is 1260. The van der Waals surface area contributed by atoms with Crippen LogP contribution in [0.5, 0.6) is 0 Å². The summed E-state index contributed by atoms with van der Waals surface area (Å²) in [5.74, 6) is 0.744. The molecule has 3 aromatic rings. The molecule has 0 unspecified atom stereocenters. The van der Waals surface area contributed by atoms with Crippen molar-refractivity contribution in [2.24, 2.45) is 0 Å². The van der Waals surface area contributed by atoms with Crippen LogP contribution < -0.4 is 9.62 Å². The third-order valence-corrected chi connectivity index (χ3v) is 7.93. The number of carbonyl (C=O) groups is 1. The quantitative estimate of drug-likeness (QED) is 0.457. The molecule has 3 N–H and O–H groups in total. The lowest BCUT2D eigenvalue weighted by Crippen LogP contribution is -2.47. The van der Waals surface area contributed by atoms with Crippen molar-refractivity contribution < 1.29 is 13.9 Å². The van der Waals surface area contributed by atoms with Gasteiger partial charge in [-0.2, -0.15) is 0 Å². The fourth-order valence-electron chi connectivity index (χ4n) is 4.17. The lowest BCUT2D eigenvalue weighted by atomic mass is 10.1. The van der Waals surface area contributed by atoms with Gasteiger partial charge in [0.05, 0.1) is 12.7 Å².